The highest BCUT2D eigenvalue weighted by Gasteiger charge is 2.02. The molecular weight excluding hydrogens is 202 g/mol. The van der Waals surface area contributed by atoms with Gasteiger partial charge in [-0.25, -0.2) is 0 Å². The van der Waals surface area contributed by atoms with E-state index in [2.05, 4.69) is 18.8 Å². The van der Waals surface area contributed by atoms with E-state index in [0.717, 1.165) is 22.6 Å². The second kappa shape index (κ2) is 5.76. The van der Waals surface area contributed by atoms with Gasteiger partial charge in [-0.2, -0.15) is 0 Å². The molecule has 0 saturated carbocycles. The van der Waals surface area contributed by atoms with Crippen molar-refractivity contribution < 1.29 is 0 Å². The summed E-state index contributed by atoms with van der Waals surface area (Å²) >= 11 is 5.37. The number of hydrogen-bond acceptors (Lipinski definition) is 2. The van der Waals surface area contributed by atoms with Crippen molar-refractivity contribution in [3.05, 3.63) is 35.9 Å². The van der Waals surface area contributed by atoms with Gasteiger partial charge in [0, 0.05) is 23.0 Å². The highest BCUT2D eigenvalue weighted by atomic mass is 32.1. The highest BCUT2D eigenvalue weighted by Crippen LogP contribution is 2.06. The van der Waals surface area contributed by atoms with Crippen LogP contribution in [-0.4, -0.2) is 16.6 Å². The lowest BCUT2D eigenvalue weighted by atomic mass is 10.1. The molecule has 0 aromatic heterocycles. The fraction of sp³-hybridized carbons (Fsp3) is 0.385. The van der Waals surface area contributed by atoms with Crippen LogP contribution >= 0.6 is 12.2 Å². The molecule has 15 heavy (non-hydrogen) atoms. The molecule has 1 aromatic rings. The molecule has 0 radical (unpaired) electrons. The van der Waals surface area contributed by atoms with E-state index in [0.29, 0.717) is 6.04 Å². The molecule has 0 aliphatic heterocycles. The van der Waals surface area contributed by atoms with Crippen molar-refractivity contribution in [2.45, 2.75) is 33.2 Å². The van der Waals surface area contributed by atoms with Crippen LogP contribution < -0.4 is 0 Å². The minimum Gasteiger partial charge on any atom is -0.291 e. The zero-order chi connectivity index (χ0) is 11.3. The average molecular weight is 219 g/mol. The van der Waals surface area contributed by atoms with Crippen molar-refractivity contribution in [3.63, 3.8) is 0 Å². The van der Waals surface area contributed by atoms with Crippen LogP contribution in [0.5, 0.6) is 0 Å². The second-order valence-corrected chi connectivity index (χ2v) is 4.42. The van der Waals surface area contributed by atoms with Crippen LogP contribution in [0.25, 0.3) is 0 Å². The molecule has 0 aliphatic carbocycles. The van der Waals surface area contributed by atoms with Gasteiger partial charge in [0.1, 0.15) is 0 Å². The maximum atomic E-state index is 5.37. The molecule has 1 aromatic carbocycles. The second-order valence-electron chi connectivity index (χ2n) is 3.92. The SMILES string of the molecule is CC(CC(=S)c1ccccc1)=NC(C)C. The Balaban J connectivity index is 2.65. The van der Waals surface area contributed by atoms with Gasteiger partial charge in [-0.05, 0) is 26.3 Å². The van der Waals surface area contributed by atoms with Crippen LogP contribution in [0.2, 0.25) is 0 Å². The maximum absolute atomic E-state index is 5.37. The summed E-state index contributed by atoms with van der Waals surface area (Å²) < 4.78 is 0. The van der Waals surface area contributed by atoms with Gasteiger partial charge in [0.05, 0.1) is 0 Å². The lowest BCUT2D eigenvalue weighted by Gasteiger charge is -2.05. The molecule has 1 nitrogen and oxygen atoms in total. The molecule has 0 unspecified atom stereocenters. The van der Waals surface area contributed by atoms with Gasteiger partial charge in [0.25, 0.3) is 0 Å². The van der Waals surface area contributed by atoms with E-state index in [4.69, 9.17) is 12.2 Å². The molecular formula is C13H17NS. The lowest BCUT2D eigenvalue weighted by molar-refractivity contribution is 0.833. The summed E-state index contributed by atoms with van der Waals surface area (Å²) in [5.74, 6) is 0. The zero-order valence-corrected chi connectivity index (χ0v) is 10.3. The largest absolute Gasteiger partial charge is 0.291 e. The summed E-state index contributed by atoms with van der Waals surface area (Å²) in [4.78, 5) is 5.44. The van der Waals surface area contributed by atoms with E-state index in [1.165, 1.54) is 0 Å². The van der Waals surface area contributed by atoms with E-state index in [1.807, 2.05) is 37.3 Å². The van der Waals surface area contributed by atoms with E-state index in [1.54, 1.807) is 0 Å². The number of rotatable bonds is 4. The summed E-state index contributed by atoms with van der Waals surface area (Å²) in [6, 6.07) is 10.5. The summed E-state index contributed by atoms with van der Waals surface area (Å²) in [6.07, 6.45) is 0.789. The van der Waals surface area contributed by atoms with Crippen LogP contribution in [0, 0.1) is 0 Å². The first kappa shape index (κ1) is 12.1. The van der Waals surface area contributed by atoms with E-state index in [9.17, 15) is 0 Å². The average Bonchev–Trinajstić information content (AvgIpc) is 2.17. The van der Waals surface area contributed by atoms with Crippen molar-refractivity contribution in [1.29, 1.82) is 0 Å². The third kappa shape index (κ3) is 4.34. The highest BCUT2D eigenvalue weighted by molar-refractivity contribution is 7.80. The Morgan fingerprint density at radius 1 is 1.27 bits per heavy atom. The molecule has 0 spiro atoms. The van der Waals surface area contributed by atoms with Crippen LogP contribution in [0.3, 0.4) is 0 Å². The maximum Gasteiger partial charge on any atom is 0.0442 e. The van der Waals surface area contributed by atoms with Gasteiger partial charge in [-0.3, -0.25) is 4.99 Å². The minimum absolute atomic E-state index is 0.351. The summed E-state index contributed by atoms with van der Waals surface area (Å²) in [6.45, 7) is 6.19. The number of nitrogens with zero attached hydrogens (tertiary/aromatic N) is 1. The Labute approximate surface area is 97.2 Å². The third-order valence-electron chi connectivity index (χ3n) is 1.99. The van der Waals surface area contributed by atoms with Crippen LogP contribution in [0.4, 0.5) is 0 Å². The predicted octanol–water partition coefficient (Wildman–Crippen LogP) is 3.66. The Hall–Kier alpha value is -1.02. The van der Waals surface area contributed by atoms with Crippen molar-refractivity contribution in [1.82, 2.24) is 0 Å². The third-order valence-corrected chi connectivity index (χ3v) is 2.37. The van der Waals surface area contributed by atoms with Crippen molar-refractivity contribution >= 4 is 22.8 Å². The van der Waals surface area contributed by atoms with Gasteiger partial charge >= 0.3 is 0 Å². The molecule has 0 saturated heterocycles. The van der Waals surface area contributed by atoms with Gasteiger partial charge in [-0.1, -0.05) is 42.5 Å². The Morgan fingerprint density at radius 2 is 1.87 bits per heavy atom. The number of hydrogen-bond donors (Lipinski definition) is 0. The smallest absolute Gasteiger partial charge is 0.0442 e. The molecule has 0 atom stereocenters. The van der Waals surface area contributed by atoms with Gasteiger partial charge in [0.2, 0.25) is 0 Å². The van der Waals surface area contributed by atoms with Crippen LogP contribution in [0.15, 0.2) is 35.3 Å². The minimum atomic E-state index is 0.351. The normalized spacial score (nSPS) is 11.9. The molecule has 0 bridgehead atoms. The van der Waals surface area contributed by atoms with E-state index >= 15 is 0 Å². The van der Waals surface area contributed by atoms with Crippen molar-refractivity contribution in [3.8, 4) is 0 Å². The van der Waals surface area contributed by atoms with Crippen molar-refractivity contribution in [2.24, 2.45) is 4.99 Å². The fourth-order valence-corrected chi connectivity index (χ4v) is 1.79. The fourth-order valence-electron chi connectivity index (χ4n) is 1.44. The molecule has 80 valence electrons. The quantitative estimate of drug-likeness (QED) is 0.427. The predicted molar refractivity (Wildman–Crippen MR) is 71.0 cm³/mol. The number of thiocarbonyl (C=S) groups is 1. The Morgan fingerprint density at radius 3 is 2.40 bits per heavy atom. The van der Waals surface area contributed by atoms with E-state index in [-0.39, 0.29) is 0 Å². The first-order valence-corrected chi connectivity index (χ1v) is 5.62. The Bertz CT molecular complexity index is 352. The molecule has 2 heteroatoms. The van der Waals surface area contributed by atoms with Crippen LogP contribution in [0.1, 0.15) is 32.8 Å². The first-order chi connectivity index (χ1) is 7.09. The van der Waals surface area contributed by atoms with Gasteiger partial charge < -0.3 is 0 Å². The molecule has 0 fully saturated rings. The summed E-state index contributed by atoms with van der Waals surface area (Å²) in [7, 11) is 0. The summed E-state index contributed by atoms with van der Waals surface area (Å²) in [5.41, 5.74) is 2.24. The van der Waals surface area contributed by atoms with Crippen LogP contribution in [-0.2, 0) is 0 Å². The molecule has 0 aliphatic rings. The first-order valence-electron chi connectivity index (χ1n) is 5.21. The molecule has 1 rings (SSSR count). The van der Waals surface area contributed by atoms with Gasteiger partial charge in [0.15, 0.2) is 0 Å². The number of aliphatic imine (C=N–C) groups is 1. The lowest BCUT2D eigenvalue weighted by Crippen LogP contribution is -2.06. The molecule has 0 heterocycles. The monoisotopic (exact) mass is 219 g/mol. The zero-order valence-electron chi connectivity index (χ0n) is 9.53. The topological polar surface area (TPSA) is 12.4 Å². The van der Waals surface area contributed by atoms with Crippen molar-refractivity contribution in [2.75, 3.05) is 0 Å². The standard InChI is InChI=1S/C13H17NS/c1-10(2)14-11(3)9-13(15)12-7-5-4-6-8-12/h4-8,10H,9H2,1-3H3. The molecule has 0 N–H and O–H groups in total. The number of benzene rings is 1. The Kier molecular flexibility index (Phi) is 4.63. The summed E-state index contributed by atoms with van der Waals surface area (Å²) in [5, 5.41) is 0. The molecule has 0 amide bonds. The van der Waals surface area contributed by atoms with E-state index < -0.39 is 0 Å². The van der Waals surface area contributed by atoms with Gasteiger partial charge in [-0.15, -0.1) is 0 Å².